The summed E-state index contributed by atoms with van der Waals surface area (Å²) in [4.78, 5) is 10.6. The topological polar surface area (TPSA) is 63.3 Å². The lowest BCUT2D eigenvalue weighted by Gasteiger charge is -2.15. The third-order valence-corrected chi connectivity index (χ3v) is 2.42. The average Bonchev–Trinajstić information content (AvgIpc) is 2.15. The number of nitrogens with two attached hydrogens (primary N) is 1. The Balaban J connectivity index is 3.34. The molecule has 0 saturated heterocycles. The van der Waals surface area contributed by atoms with Crippen LogP contribution < -0.4 is 5.73 Å². The van der Waals surface area contributed by atoms with Gasteiger partial charge in [-0.25, -0.2) is 0 Å². The Kier molecular flexibility index (Phi) is 3.59. The van der Waals surface area contributed by atoms with E-state index in [0.717, 1.165) is 12.1 Å². The van der Waals surface area contributed by atoms with Crippen LogP contribution in [0.2, 0.25) is 0 Å². The van der Waals surface area contributed by atoms with Crippen molar-refractivity contribution in [3.05, 3.63) is 33.8 Å². The Bertz CT molecular complexity index is 420. The minimum atomic E-state index is -4.63. The van der Waals surface area contributed by atoms with E-state index < -0.39 is 29.3 Å². The molecule has 0 aliphatic heterocycles. The molecule has 88 valence electrons. The van der Waals surface area contributed by atoms with Gasteiger partial charge in [-0.2, -0.15) is 13.2 Å². The van der Waals surface area contributed by atoms with Gasteiger partial charge in [-0.1, -0.05) is 22.0 Å². The Hall–Kier alpha value is -1.08. The van der Waals surface area contributed by atoms with Crippen molar-refractivity contribution < 1.29 is 23.1 Å². The van der Waals surface area contributed by atoms with Crippen LogP contribution in [0.25, 0.3) is 0 Å². The Morgan fingerprint density at radius 1 is 1.44 bits per heavy atom. The smallest absolute Gasteiger partial charge is 0.416 e. The van der Waals surface area contributed by atoms with E-state index in [-0.39, 0.29) is 4.47 Å². The summed E-state index contributed by atoms with van der Waals surface area (Å²) >= 11 is 2.89. The van der Waals surface area contributed by atoms with E-state index in [4.69, 9.17) is 10.8 Å². The monoisotopic (exact) mass is 297 g/mol. The molecule has 1 aromatic carbocycles. The highest BCUT2D eigenvalue weighted by atomic mass is 79.9. The van der Waals surface area contributed by atoms with Crippen molar-refractivity contribution in [2.75, 3.05) is 0 Å². The third-order valence-electron chi connectivity index (χ3n) is 1.92. The molecular weight excluding hydrogens is 291 g/mol. The first-order chi connectivity index (χ1) is 7.23. The molecule has 7 heteroatoms. The lowest BCUT2D eigenvalue weighted by atomic mass is 10.0. The molecule has 3 N–H and O–H groups in total. The van der Waals surface area contributed by atoms with Gasteiger partial charge in [0.05, 0.1) is 5.56 Å². The normalized spacial score (nSPS) is 13.6. The Morgan fingerprint density at radius 3 is 2.44 bits per heavy atom. The summed E-state index contributed by atoms with van der Waals surface area (Å²) in [5, 5.41) is 8.59. The summed E-state index contributed by atoms with van der Waals surface area (Å²) in [6.45, 7) is 0. The van der Waals surface area contributed by atoms with Crippen LogP contribution in [0.5, 0.6) is 0 Å². The van der Waals surface area contributed by atoms with Gasteiger partial charge in [0.25, 0.3) is 0 Å². The van der Waals surface area contributed by atoms with Gasteiger partial charge < -0.3 is 10.8 Å². The van der Waals surface area contributed by atoms with E-state index in [0.29, 0.717) is 0 Å². The molecule has 0 amide bonds. The van der Waals surface area contributed by atoms with Gasteiger partial charge in [0, 0.05) is 4.47 Å². The summed E-state index contributed by atoms with van der Waals surface area (Å²) in [5.74, 6) is -1.51. The summed E-state index contributed by atoms with van der Waals surface area (Å²) in [7, 11) is 0. The Labute approximate surface area is 97.2 Å². The second-order valence-corrected chi connectivity index (χ2v) is 3.96. The number of hydrogen-bond acceptors (Lipinski definition) is 2. The van der Waals surface area contributed by atoms with Crippen LogP contribution >= 0.6 is 15.9 Å². The summed E-state index contributed by atoms with van der Waals surface area (Å²) in [5.41, 5.74) is 3.67. The molecule has 0 bridgehead atoms. The number of carbonyl (C=O) groups is 1. The van der Waals surface area contributed by atoms with E-state index in [1.807, 2.05) is 0 Å². The number of hydrogen-bond donors (Lipinski definition) is 2. The van der Waals surface area contributed by atoms with Crippen molar-refractivity contribution in [1.29, 1.82) is 0 Å². The first-order valence-corrected chi connectivity index (χ1v) is 4.88. The number of aliphatic carboxylic acids is 1. The van der Waals surface area contributed by atoms with E-state index >= 15 is 0 Å². The highest BCUT2D eigenvalue weighted by molar-refractivity contribution is 9.10. The third kappa shape index (κ3) is 2.73. The first kappa shape index (κ1) is 13.0. The van der Waals surface area contributed by atoms with Crippen LogP contribution in [0.4, 0.5) is 13.2 Å². The molecule has 0 spiro atoms. The van der Waals surface area contributed by atoms with Gasteiger partial charge in [-0.15, -0.1) is 0 Å². The SMILES string of the molecule is NC(C(=O)O)c1ccc(Br)cc1C(F)(F)F. The van der Waals surface area contributed by atoms with Crippen molar-refractivity contribution >= 4 is 21.9 Å². The van der Waals surface area contributed by atoms with E-state index in [9.17, 15) is 18.0 Å². The molecule has 0 saturated carbocycles. The summed E-state index contributed by atoms with van der Waals surface area (Å²) in [6.07, 6.45) is -4.63. The van der Waals surface area contributed by atoms with Gasteiger partial charge in [-0.05, 0) is 17.7 Å². The van der Waals surface area contributed by atoms with E-state index in [1.54, 1.807) is 0 Å². The second-order valence-electron chi connectivity index (χ2n) is 3.05. The number of halogens is 4. The molecule has 0 radical (unpaired) electrons. The summed E-state index contributed by atoms with van der Waals surface area (Å²) < 4.78 is 38.0. The standard InChI is InChI=1S/C9H7BrF3NO2/c10-4-1-2-5(7(14)8(15)16)6(3-4)9(11,12)13/h1-3,7H,14H2,(H,15,16). The first-order valence-electron chi connectivity index (χ1n) is 4.08. The van der Waals surface area contributed by atoms with Gasteiger partial charge in [0.1, 0.15) is 6.04 Å². The zero-order valence-corrected chi connectivity index (χ0v) is 9.34. The molecular formula is C9H7BrF3NO2. The molecule has 16 heavy (non-hydrogen) atoms. The zero-order valence-electron chi connectivity index (χ0n) is 7.75. The van der Waals surface area contributed by atoms with Crippen molar-refractivity contribution in [3.8, 4) is 0 Å². The molecule has 0 aromatic heterocycles. The largest absolute Gasteiger partial charge is 0.480 e. The van der Waals surface area contributed by atoms with Crippen LogP contribution in [0.15, 0.2) is 22.7 Å². The van der Waals surface area contributed by atoms with Crippen molar-refractivity contribution in [2.24, 2.45) is 5.73 Å². The number of rotatable bonds is 2. The van der Waals surface area contributed by atoms with Gasteiger partial charge in [0.15, 0.2) is 0 Å². The molecule has 0 fully saturated rings. The van der Waals surface area contributed by atoms with Crippen LogP contribution in [-0.4, -0.2) is 11.1 Å². The quantitative estimate of drug-likeness (QED) is 0.882. The van der Waals surface area contributed by atoms with Gasteiger partial charge in [-0.3, -0.25) is 4.79 Å². The second kappa shape index (κ2) is 4.42. The number of alkyl halides is 3. The molecule has 3 nitrogen and oxygen atoms in total. The fourth-order valence-electron chi connectivity index (χ4n) is 1.18. The fourth-order valence-corrected chi connectivity index (χ4v) is 1.54. The van der Waals surface area contributed by atoms with Crippen LogP contribution in [0.3, 0.4) is 0 Å². The van der Waals surface area contributed by atoms with Gasteiger partial charge in [0.2, 0.25) is 0 Å². The van der Waals surface area contributed by atoms with E-state index in [2.05, 4.69) is 15.9 Å². The van der Waals surface area contributed by atoms with Crippen molar-refractivity contribution in [1.82, 2.24) is 0 Å². The Morgan fingerprint density at radius 2 is 2.00 bits per heavy atom. The average molecular weight is 298 g/mol. The van der Waals surface area contributed by atoms with Crippen molar-refractivity contribution in [2.45, 2.75) is 12.2 Å². The molecule has 1 rings (SSSR count). The number of carboxylic acid groups (broad SMARTS) is 1. The van der Waals surface area contributed by atoms with Crippen LogP contribution in [0, 0.1) is 0 Å². The predicted octanol–water partition coefficient (Wildman–Crippen LogP) is 2.55. The van der Waals surface area contributed by atoms with Crippen molar-refractivity contribution in [3.63, 3.8) is 0 Å². The molecule has 0 aliphatic carbocycles. The fraction of sp³-hybridized carbons (Fsp3) is 0.222. The molecule has 1 aromatic rings. The van der Waals surface area contributed by atoms with E-state index in [1.165, 1.54) is 6.07 Å². The zero-order chi connectivity index (χ0) is 12.5. The highest BCUT2D eigenvalue weighted by Gasteiger charge is 2.36. The van der Waals surface area contributed by atoms with Crippen LogP contribution in [-0.2, 0) is 11.0 Å². The lowest BCUT2D eigenvalue weighted by Crippen LogP contribution is -2.24. The predicted molar refractivity (Wildman–Crippen MR) is 53.7 cm³/mol. The van der Waals surface area contributed by atoms with Crippen LogP contribution in [0.1, 0.15) is 17.2 Å². The summed E-state index contributed by atoms with van der Waals surface area (Å²) in [6, 6.07) is 1.47. The minimum absolute atomic E-state index is 0.209. The maximum Gasteiger partial charge on any atom is 0.416 e. The number of carboxylic acids is 1. The maximum atomic E-state index is 12.6. The maximum absolute atomic E-state index is 12.6. The molecule has 0 heterocycles. The molecule has 1 atom stereocenters. The van der Waals surface area contributed by atoms with Gasteiger partial charge >= 0.3 is 12.1 Å². The molecule has 1 unspecified atom stereocenters. The molecule has 0 aliphatic rings. The highest BCUT2D eigenvalue weighted by Crippen LogP contribution is 2.35. The minimum Gasteiger partial charge on any atom is -0.480 e. The number of benzene rings is 1. The lowest BCUT2D eigenvalue weighted by molar-refractivity contribution is -0.141.